The lowest BCUT2D eigenvalue weighted by Crippen LogP contribution is -1.97. The molecule has 1 aliphatic heterocycles. The van der Waals surface area contributed by atoms with Crippen molar-refractivity contribution in [3.8, 4) is 0 Å². The van der Waals surface area contributed by atoms with E-state index in [1.54, 1.807) is 6.08 Å². The topological polar surface area (TPSA) is 49.7 Å². The van der Waals surface area contributed by atoms with Crippen LogP contribution < -0.4 is 0 Å². The zero-order valence-corrected chi connectivity index (χ0v) is 16.9. The van der Waals surface area contributed by atoms with Crippen molar-refractivity contribution in [3.05, 3.63) is 112 Å². The van der Waals surface area contributed by atoms with Crippen LogP contribution in [-0.4, -0.2) is 17.3 Å². The van der Waals surface area contributed by atoms with E-state index in [0.717, 1.165) is 30.2 Å². The zero-order chi connectivity index (χ0) is 20.9. The maximum atomic E-state index is 10.8. The second-order valence-corrected chi connectivity index (χ2v) is 7.25. The number of hydrogen-bond donors (Lipinski definition) is 1. The van der Waals surface area contributed by atoms with E-state index < -0.39 is 5.97 Å². The number of allylic oxidation sites excluding steroid dienone is 1. The van der Waals surface area contributed by atoms with Crippen LogP contribution in [0.5, 0.6) is 0 Å². The van der Waals surface area contributed by atoms with Gasteiger partial charge in [-0.25, -0.2) is 4.79 Å². The fraction of sp³-hybridized carbons (Fsp3) is 0.111. The summed E-state index contributed by atoms with van der Waals surface area (Å²) in [6.07, 6.45) is 5.60. The third-order valence-corrected chi connectivity index (χ3v) is 5.32. The number of benzene rings is 3. The van der Waals surface area contributed by atoms with Crippen LogP contribution in [0.25, 0.3) is 17.2 Å². The first-order valence-corrected chi connectivity index (χ1v) is 10.1. The monoisotopic (exact) mass is 393 g/mol. The van der Waals surface area contributed by atoms with E-state index in [1.165, 1.54) is 33.4 Å². The summed E-state index contributed by atoms with van der Waals surface area (Å²) in [6, 6.07) is 25.1. The van der Waals surface area contributed by atoms with Crippen LogP contribution in [0.3, 0.4) is 0 Å². The predicted molar refractivity (Wildman–Crippen MR) is 124 cm³/mol. The highest BCUT2D eigenvalue weighted by Crippen LogP contribution is 2.35. The third-order valence-electron chi connectivity index (χ3n) is 5.32. The lowest BCUT2D eigenvalue weighted by Gasteiger charge is -2.17. The molecule has 0 bridgehead atoms. The van der Waals surface area contributed by atoms with E-state index in [2.05, 4.69) is 66.5 Å². The molecule has 4 rings (SSSR count). The molecule has 1 heterocycles. The second kappa shape index (κ2) is 8.75. The number of hydrogen-bond acceptors (Lipinski definition) is 2. The molecule has 3 aromatic carbocycles. The van der Waals surface area contributed by atoms with Crippen molar-refractivity contribution in [1.82, 2.24) is 0 Å². The van der Waals surface area contributed by atoms with Gasteiger partial charge in [-0.3, -0.25) is 4.99 Å². The van der Waals surface area contributed by atoms with Crippen LogP contribution in [-0.2, 0) is 11.3 Å². The third kappa shape index (κ3) is 4.15. The van der Waals surface area contributed by atoms with Gasteiger partial charge in [-0.15, -0.1) is 0 Å². The fourth-order valence-electron chi connectivity index (χ4n) is 3.87. The lowest BCUT2D eigenvalue weighted by atomic mass is 9.87. The van der Waals surface area contributed by atoms with Crippen molar-refractivity contribution in [2.24, 2.45) is 4.99 Å². The standard InChI is InChI=1S/C27H23NO2/c1-2-25(20-6-4-3-5-7-20)27(22-13-14-23-17-28-18-24(23)16-22)21-11-8-19(9-12-21)10-15-26(29)30/h3-17H,2,18H2,1H3,(H,29,30)/b15-10+,27-25+. The molecule has 0 spiro atoms. The average Bonchev–Trinajstić information content (AvgIpc) is 3.25. The van der Waals surface area contributed by atoms with Crippen LogP contribution in [0, 0.1) is 0 Å². The number of aliphatic imine (C=N–C) groups is 1. The molecule has 0 saturated heterocycles. The molecule has 0 radical (unpaired) electrons. The Morgan fingerprint density at radius 3 is 2.40 bits per heavy atom. The van der Waals surface area contributed by atoms with Crippen LogP contribution in [0.2, 0.25) is 0 Å². The van der Waals surface area contributed by atoms with Crippen LogP contribution in [0.15, 0.2) is 83.9 Å². The smallest absolute Gasteiger partial charge is 0.328 e. The van der Waals surface area contributed by atoms with Gasteiger partial charge in [0.05, 0.1) is 6.54 Å². The SMILES string of the molecule is CC/C(=C(/c1ccc(/C=C/C(=O)O)cc1)c1ccc2c(c1)CN=C2)c1ccccc1. The van der Waals surface area contributed by atoms with Gasteiger partial charge in [-0.05, 0) is 63.1 Å². The fourth-order valence-corrected chi connectivity index (χ4v) is 3.87. The van der Waals surface area contributed by atoms with Gasteiger partial charge in [-0.1, -0.05) is 73.7 Å². The molecule has 3 aromatic rings. The summed E-state index contributed by atoms with van der Waals surface area (Å²) in [5, 5.41) is 8.87. The number of carboxylic acids is 1. The minimum atomic E-state index is -0.947. The molecule has 1 aliphatic rings. The second-order valence-electron chi connectivity index (χ2n) is 7.25. The van der Waals surface area contributed by atoms with Crippen LogP contribution >= 0.6 is 0 Å². The van der Waals surface area contributed by atoms with E-state index in [0.29, 0.717) is 0 Å². The van der Waals surface area contributed by atoms with Gasteiger partial charge < -0.3 is 5.11 Å². The molecule has 0 unspecified atom stereocenters. The van der Waals surface area contributed by atoms with E-state index in [4.69, 9.17) is 5.11 Å². The first-order chi connectivity index (χ1) is 14.7. The molecule has 0 saturated carbocycles. The van der Waals surface area contributed by atoms with Gasteiger partial charge in [0.25, 0.3) is 0 Å². The Morgan fingerprint density at radius 2 is 1.70 bits per heavy atom. The largest absolute Gasteiger partial charge is 0.478 e. The summed E-state index contributed by atoms with van der Waals surface area (Å²) in [4.78, 5) is 15.2. The Morgan fingerprint density at radius 1 is 0.967 bits per heavy atom. The van der Waals surface area contributed by atoms with E-state index in [1.807, 2.05) is 24.4 Å². The van der Waals surface area contributed by atoms with Gasteiger partial charge in [0.1, 0.15) is 0 Å². The summed E-state index contributed by atoms with van der Waals surface area (Å²) in [5.41, 5.74) is 9.27. The molecule has 1 N–H and O–H groups in total. The Hall–Kier alpha value is -3.72. The Bertz CT molecular complexity index is 1150. The number of rotatable bonds is 6. The first kappa shape index (κ1) is 19.6. The summed E-state index contributed by atoms with van der Waals surface area (Å²) < 4.78 is 0. The molecular weight excluding hydrogens is 370 g/mol. The number of aliphatic carboxylic acids is 1. The molecule has 0 fully saturated rings. The van der Waals surface area contributed by atoms with Crippen LogP contribution in [0.1, 0.15) is 46.7 Å². The maximum Gasteiger partial charge on any atom is 0.328 e. The Balaban J connectivity index is 1.86. The van der Waals surface area contributed by atoms with Crippen molar-refractivity contribution in [3.63, 3.8) is 0 Å². The highest BCUT2D eigenvalue weighted by Gasteiger charge is 2.15. The minimum absolute atomic E-state index is 0.724. The molecular formula is C27H23NO2. The predicted octanol–water partition coefficient (Wildman–Crippen LogP) is 6.09. The van der Waals surface area contributed by atoms with E-state index >= 15 is 0 Å². The molecule has 3 heteroatoms. The highest BCUT2D eigenvalue weighted by atomic mass is 16.4. The lowest BCUT2D eigenvalue weighted by molar-refractivity contribution is -0.131. The van der Waals surface area contributed by atoms with Gasteiger partial charge in [0.15, 0.2) is 0 Å². The maximum absolute atomic E-state index is 10.8. The van der Waals surface area contributed by atoms with Gasteiger partial charge in [0, 0.05) is 12.3 Å². The normalized spacial score (nSPS) is 13.4. The van der Waals surface area contributed by atoms with Crippen molar-refractivity contribution in [1.29, 1.82) is 0 Å². The minimum Gasteiger partial charge on any atom is -0.478 e. The molecule has 0 amide bonds. The summed E-state index contributed by atoms with van der Waals surface area (Å²) in [5.74, 6) is -0.947. The van der Waals surface area contributed by atoms with Gasteiger partial charge in [0.2, 0.25) is 0 Å². The molecule has 30 heavy (non-hydrogen) atoms. The molecule has 0 atom stereocenters. The Labute approximate surface area is 176 Å². The summed E-state index contributed by atoms with van der Waals surface area (Å²) in [7, 11) is 0. The molecule has 3 nitrogen and oxygen atoms in total. The summed E-state index contributed by atoms with van der Waals surface area (Å²) in [6.45, 7) is 2.91. The van der Waals surface area contributed by atoms with E-state index in [9.17, 15) is 4.79 Å². The molecule has 0 aromatic heterocycles. The van der Waals surface area contributed by atoms with Crippen molar-refractivity contribution in [2.75, 3.05) is 0 Å². The first-order valence-electron chi connectivity index (χ1n) is 10.1. The van der Waals surface area contributed by atoms with Crippen molar-refractivity contribution >= 4 is 29.4 Å². The van der Waals surface area contributed by atoms with Crippen molar-refractivity contribution in [2.45, 2.75) is 19.9 Å². The Kier molecular flexibility index (Phi) is 5.71. The zero-order valence-electron chi connectivity index (χ0n) is 16.9. The van der Waals surface area contributed by atoms with Gasteiger partial charge in [-0.2, -0.15) is 0 Å². The van der Waals surface area contributed by atoms with E-state index in [-0.39, 0.29) is 0 Å². The number of carboxylic acid groups (broad SMARTS) is 1. The van der Waals surface area contributed by atoms with Crippen molar-refractivity contribution < 1.29 is 9.90 Å². The molecule has 148 valence electrons. The quantitative estimate of drug-likeness (QED) is 0.407. The van der Waals surface area contributed by atoms with Crippen LogP contribution in [0.4, 0.5) is 0 Å². The number of nitrogens with zero attached hydrogens (tertiary/aromatic N) is 1. The summed E-state index contributed by atoms with van der Waals surface area (Å²) >= 11 is 0. The number of carbonyl (C=O) groups is 1. The molecule has 0 aliphatic carbocycles. The number of fused-ring (bicyclic) bond motifs is 1. The van der Waals surface area contributed by atoms with Gasteiger partial charge >= 0.3 is 5.97 Å². The highest BCUT2D eigenvalue weighted by molar-refractivity contribution is 5.99. The average molecular weight is 393 g/mol.